The first-order valence-electron chi connectivity index (χ1n) is 23.5. The second kappa shape index (κ2) is 30.3. The molecule has 2 rings (SSSR count). The van der Waals surface area contributed by atoms with Gasteiger partial charge in [-0.1, -0.05) is 74.5 Å². The molecule has 7 atom stereocenters. The molecule has 0 aliphatic rings. The molecule has 15 N–H and O–H groups in total. The Morgan fingerprint density at radius 1 is 0.539 bits per heavy atom. The van der Waals surface area contributed by atoms with E-state index in [0.717, 1.165) is 0 Å². The van der Waals surface area contributed by atoms with Gasteiger partial charge in [0, 0.05) is 43.2 Å². The molecule has 0 bridgehead atoms. The van der Waals surface area contributed by atoms with Gasteiger partial charge in [-0.3, -0.25) is 43.2 Å². The van der Waals surface area contributed by atoms with E-state index in [1.54, 1.807) is 93.7 Å². The van der Waals surface area contributed by atoms with Crippen molar-refractivity contribution in [3.63, 3.8) is 0 Å². The number of urea groups is 1. The van der Waals surface area contributed by atoms with Crippen LogP contribution in [0.5, 0.6) is 0 Å². The van der Waals surface area contributed by atoms with Crippen molar-refractivity contribution in [2.75, 3.05) is 6.54 Å². The molecular weight excluding hydrogens is 1020 g/mol. The van der Waals surface area contributed by atoms with E-state index in [4.69, 9.17) is 10.8 Å². The zero-order chi connectivity index (χ0) is 57.5. The van der Waals surface area contributed by atoms with Crippen molar-refractivity contribution in [1.29, 1.82) is 0 Å². The van der Waals surface area contributed by atoms with Crippen LogP contribution >= 0.6 is 12.6 Å². The van der Waals surface area contributed by atoms with Crippen molar-refractivity contribution in [2.45, 2.75) is 133 Å². The minimum atomic E-state index is -2.18. The standard InChI is InChI=1S/C48H65N9O18S/c1-47(2,19-20-48(3,4)57-33(58)17-15-28(41(67)68)54-46(75)55-29(42(69)70)16-18-34(59)60)45(74)53-31(22-26-13-9-6-10-14-26)39(65)52-30(21-25-11-7-5-8-12-25)38(64)50-24-27(49)37(63)51-32(23-35(61)62)40(66)56-36(43(71)72)44(73)76/h5-14,27-32,36H,15-24,49H2,1-4H3,(H,50,64)(H,51,63)(H,52,65)(H,53,74)(H,56,66)(H,57,58)(H,59,60)(H,61,62)(H,67,68)(H,69,70)(H,71,72)(H,73,76)(H2,54,55,75)/t27-,28-,29-,30-,31-,32?,36?/m0/s1. The lowest BCUT2D eigenvalue weighted by atomic mass is 9.81. The van der Waals surface area contributed by atoms with Crippen molar-refractivity contribution in [2.24, 2.45) is 11.1 Å². The number of thiol groups is 1. The molecule has 8 amide bonds. The molecule has 416 valence electrons. The summed E-state index contributed by atoms with van der Waals surface area (Å²) >= 11 is 3.39. The van der Waals surface area contributed by atoms with E-state index in [1.807, 2.05) is 5.32 Å². The van der Waals surface area contributed by atoms with Crippen LogP contribution in [0, 0.1) is 5.41 Å². The monoisotopic (exact) mass is 1090 g/mol. The van der Waals surface area contributed by atoms with Crippen molar-refractivity contribution >= 4 is 89.1 Å². The minimum absolute atomic E-state index is 0.0556. The molecule has 2 aromatic rings. The van der Waals surface area contributed by atoms with Crippen molar-refractivity contribution < 1.29 is 87.9 Å². The third kappa shape index (κ3) is 23.4. The fourth-order valence-electron chi connectivity index (χ4n) is 6.96. The Hall–Kier alpha value is -8.14. The van der Waals surface area contributed by atoms with E-state index in [-0.39, 0.29) is 25.7 Å². The zero-order valence-corrected chi connectivity index (χ0v) is 42.8. The summed E-state index contributed by atoms with van der Waals surface area (Å²) in [5.41, 5.74) is 4.98. The summed E-state index contributed by atoms with van der Waals surface area (Å²) in [4.78, 5) is 162. The molecule has 0 aromatic heterocycles. The van der Waals surface area contributed by atoms with Crippen LogP contribution in [0.25, 0.3) is 0 Å². The number of carbonyl (C=O) groups excluding carboxylic acids is 8. The third-order valence-corrected chi connectivity index (χ3v) is 11.7. The van der Waals surface area contributed by atoms with Crippen LogP contribution in [-0.4, -0.2) is 156 Å². The van der Waals surface area contributed by atoms with Crippen molar-refractivity contribution in [3.05, 3.63) is 71.8 Å². The second-order valence-electron chi connectivity index (χ2n) is 18.8. The van der Waals surface area contributed by atoms with Crippen LogP contribution in [-0.2, 0) is 70.4 Å². The molecule has 0 saturated carbocycles. The predicted molar refractivity (Wildman–Crippen MR) is 269 cm³/mol. The summed E-state index contributed by atoms with van der Waals surface area (Å²) in [6, 6.07) is 4.11. The molecule has 28 heteroatoms. The lowest BCUT2D eigenvalue weighted by Gasteiger charge is -2.32. The summed E-state index contributed by atoms with van der Waals surface area (Å²) in [5, 5.41) is 63.6. The highest BCUT2D eigenvalue weighted by Gasteiger charge is 2.37. The molecule has 0 heterocycles. The first-order valence-corrected chi connectivity index (χ1v) is 23.9. The number of carbonyl (C=O) groups is 13. The lowest BCUT2D eigenvalue weighted by Crippen LogP contribution is -2.59. The Kier molecular flexibility index (Phi) is 25.5. The fourth-order valence-corrected chi connectivity index (χ4v) is 7.14. The number of benzene rings is 2. The molecule has 0 spiro atoms. The number of nitrogens with one attached hydrogen (secondary N) is 8. The summed E-state index contributed by atoms with van der Waals surface area (Å²) in [6.45, 7) is 5.85. The molecule has 2 unspecified atom stereocenters. The number of rotatable bonds is 33. The fraction of sp³-hybridized carbons (Fsp3) is 0.479. The number of carboxylic acids is 5. The van der Waals surface area contributed by atoms with Gasteiger partial charge in [0.25, 0.3) is 0 Å². The SMILES string of the molecule is CC(C)(CCC(C)(C)C(=O)N[C@@H](Cc1ccccc1)C(=O)N[C@@H](Cc1ccccc1)C(=O)NC[C@H](N)C(=O)NC(CC(=O)O)C(=O)NC(C(=O)O)C(=O)S)NC(=O)CC[C@H](NC(=O)N[C@@H](CCC(=O)O)C(=O)O)C(=O)O. The van der Waals surface area contributed by atoms with E-state index in [9.17, 15) is 82.8 Å². The summed E-state index contributed by atoms with van der Waals surface area (Å²) in [6.07, 6.45) is -2.84. The van der Waals surface area contributed by atoms with Crippen LogP contribution in [0.2, 0.25) is 0 Å². The van der Waals surface area contributed by atoms with Crippen molar-refractivity contribution in [1.82, 2.24) is 42.5 Å². The van der Waals surface area contributed by atoms with Gasteiger partial charge >= 0.3 is 35.9 Å². The summed E-state index contributed by atoms with van der Waals surface area (Å²) in [5.74, 6) is -13.2. The molecule has 0 aliphatic heterocycles. The number of carboxylic acid groups (broad SMARTS) is 5. The molecule has 0 fully saturated rings. The first-order chi connectivity index (χ1) is 35.4. The lowest BCUT2D eigenvalue weighted by molar-refractivity contribution is -0.145. The van der Waals surface area contributed by atoms with Crippen LogP contribution in [0.15, 0.2) is 60.7 Å². The van der Waals surface area contributed by atoms with Crippen LogP contribution in [0.4, 0.5) is 4.79 Å². The van der Waals surface area contributed by atoms with E-state index >= 15 is 0 Å². The zero-order valence-electron chi connectivity index (χ0n) is 42.0. The number of hydrogen-bond donors (Lipinski definition) is 15. The van der Waals surface area contributed by atoms with E-state index in [2.05, 4.69) is 44.5 Å². The highest BCUT2D eigenvalue weighted by molar-refractivity contribution is 7.96. The number of hydrogen-bond acceptors (Lipinski definition) is 14. The molecular formula is C48H65N9O18S. The molecule has 76 heavy (non-hydrogen) atoms. The molecule has 27 nitrogen and oxygen atoms in total. The number of nitrogens with two attached hydrogens (primary N) is 1. The Morgan fingerprint density at radius 2 is 1.01 bits per heavy atom. The predicted octanol–water partition coefficient (Wildman–Crippen LogP) is -1.58. The molecule has 0 aliphatic carbocycles. The van der Waals surface area contributed by atoms with E-state index in [1.165, 1.54) is 0 Å². The quantitative estimate of drug-likeness (QED) is 0.0283. The van der Waals surface area contributed by atoms with Crippen molar-refractivity contribution in [3.8, 4) is 0 Å². The van der Waals surface area contributed by atoms with Crippen LogP contribution in [0.1, 0.15) is 83.8 Å². The van der Waals surface area contributed by atoms with Gasteiger partial charge in [0.1, 0.15) is 36.3 Å². The second-order valence-corrected chi connectivity index (χ2v) is 19.2. The van der Waals surface area contributed by atoms with Gasteiger partial charge in [-0.15, -0.1) is 12.6 Å². The third-order valence-electron chi connectivity index (χ3n) is 11.4. The Bertz CT molecular complexity index is 2430. The van der Waals surface area contributed by atoms with Gasteiger partial charge in [0.05, 0.1) is 6.42 Å². The highest BCUT2D eigenvalue weighted by atomic mass is 32.1. The topological polar surface area (TPSA) is 445 Å². The summed E-state index contributed by atoms with van der Waals surface area (Å²) in [7, 11) is 0. The smallest absolute Gasteiger partial charge is 0.335 e. The Labute approximate surface area is 441 Å². The van der Waals surface area contributed by atoms with Gasteiger partial charge in [-0.2, -0.15) is 0 Å². The van der Waals surface area contributed by atoms with Gasteiger partial charge < -0.3 is 73.8 Å². The average Bonchev–Trinajstić information content (AvgIpc) is 3.33. The number of aliphatic carboxylic acids is 5. The maximum absolute atomic E-state index is 14.3. The Balaban J connectivity index is 2.21. The maximum atomic E-state index is 14.3. The number of amides is 8. The van der Waals surface area contributed by atoms with Gasteiger partial charge in [-0.25, -0.2) is 19.2 Å². The maximum Gasteiger partial charge on any atom is 0.335 e. The van der Waals surface area contributed by atoms with E-state index < -0.39 is 168 Å². The first kappa shape index (κ1) is 64.0. The minimum Gasteiger partial charge on any atom is -0.481 e. The Morgan fingerprint density at radius 3 is 1.47 bits per heavy atom. The average molecular weight is 1090 g/mol. The molecule has 2 aromatic carbocycles. The van der Waals surface area contributed by atoms with Gasteiger partial charge in [-0.05, 0) is 50.7 Å². The van der Waals surface area contributed by atoms with E-state index in [0.29, 0.717) is 11.1 Å². The van der Waals surface area contributed by atoms with Crippen LogP contribution in [0.3, 0.4) is 0 Å². The van der Waals surface area contributed by atoms with Gasteiger partial charge in [0.2, 0.25) is 40.6 Å². The highest BCUT2D eigenvalue weighted by Crippen LogP contribution is 2.27. The molecule has 0 radical (unpaired) electrons. The molecule has 0 saturated heterocycles. The summed E-state index contributed by atoms with van der Waals surface area (Å²) < 4.78 is 0. The van der Waals surface area contributed by atoms with Crippen LogP contribution < -0.4 is 48.3 Å². The normalized spacial score (nSPS) is 14.0. The van der Waals surface area contributed by atoms with Gasteiger partial charge in [0.15, 0.2) is 6.04 Å². The largest absolute Gasteiger partial charge is 0.481 e.